The summed E-state index contributed by atoms with van der Waals surface area (Å²) in [5.74, 6) is 0.719. The highest BCUT2D eigenvalue weighted by atomic mass is 35.5. The first-order valence-corrected chi connectivity index (χ1v) is 5.60. The van der Waals surface area contributed by atoms with Crippen LogP contribution in [0.25, 0.3) is 0 Å². The lowest BCUT2D eigenvalue weighted by Crippen LogP contribution is -2.19. The highest BCUT2D eigenvalue weighted by Gasteiger charge is 2.23. The second-order valence-electron chi connectivity index (χ2n) is 4.43. The molecule has 1 aliphatic rings. The molecule has 1 aliphatic carbocycles. The van der Waals surface area contributed by atoms with E-state index in [2.05, 4.69) is 31.2 Å². The molecule has 1 saturated carbocycles. The van der Waals surface area contributed by atoms with Crippen molar-refractivity contribution in [2.45, 2.75) is 38.6 Å². The van der Waals surface area contributed by atoms with E-state index in [9.17, 15) is 0 Å². The normalized spacial score (nSPS) is 18.5. The zero-order valence-corrected chi connectivity index (χ0v) is 10.1. The van der Waals surface area contributed by atoms with E-state index in [0.29, 0.717) is 0 Å². The van der Waals surface area contributed by atoms with Gasteiger partial charge >= 0.3 is 0 Å². The van der Waals surface area contributed by atoms with Gasteiger partial charge in [0.1, 0.15) is 0 Å². The Balaban J connectivity index is 0.00000112. The van der Waals surface area contributed by atoms with Gasteiger partial charge in [-0.2, -0.15) is 0 Å². The molecular formula is C13H20ClN. The van der Waals surface area contributed by atoms with E-state index >= 15 is 0 Å². The number of hydrogen-bond donors (Lipinski definition) is 1. The molecule has 84 valence electrons. The third-order valence-corrected chi connectivity index (χ3v) is 3.46. The van der Waals surface area contributed by atoms with E-state index in [1.807, 2.05) is 0 Å². The molecule has 1 atom stereocenters. The molecule has 0 radical (unpaired) electrons. The summed E-state index contributed by atoms with van der Waals surface area (Å²) in [6.45, 7) is 2.16. The highest BCUT2D eigenvalue weighted by molar-refractivity contribution is 5.85. The third kappa shape index (κ3) is 2.73. The molecule has 0 bridgehead atoms. The standard InChI is InChI=1S/C13H19N.ClH/c1-10-6-2-5-9-12(10)13(14)11-7-3-4-8-11;/h2,5-6,9,11,13H,3-4,7-8,14H2,1H3;1H/t13-;/m0./s1. The van der Waals surface area contributed by atoms with E-state index < -0.39 is 0 Å². The highest BCUT2D eigenvalue weighted by Crippen LogP contribution is 2.34. The van der Waals surface area contributed by atoms with Gasteiger partial charge < -0.3 is 5.73 Å². The molecule has 1 nitrogen and oxygen atoms in total. The molecule has 2 N–H and O–H groups in total. The van der Waals surface area contributed by atoms with Crippen LogP contribution in [0, 0.1) is 12.8 Å². The maximum atomic E-state index is 6.30. The Hall–Kier alpha value is -0.530. The van der Waals surface area contributed by atoms with Gasteiger partial charge in [-0.15, -0.1) is 12.4 Å². The van der Waals surface area contributed by atoms with Crippen LogP contribution >= 0.6 is 12.4 Å². The molecule has 0 aliphatic heterocycles. The van der Waals surface area contributed by atoms with Crippen molar-refractivity contribution in [2.24, 2.45) is 11.7 Å². The lowest BCUT2D eigenvalue weighted by molar-refractivity contribution is 0.443. The largest absolute Gasteiger partial charge is 0.324 e. The maximum absolute atomic E-state index is 6.30. The Morgan fingerprint density at radius 1 is 1.20 bits per heavy atom. The van der Waals surface area contributed by atoms with Crippen LogP contribution in [0.3, 0.4) is 0 Å². The fraction of sp³-hybridized carbons (Fsp3) is 0.538. The van der Waals surface area contributed by atoms with E-state index in [4.69, 9.17) is 5.73 Å². The lowest BCUT2D eigenvalue weighted by atomic mass is 9.90. The Kier molecular flexibility index (Phi) is 4.62. The van der Waals surface area contributed by atoms with Crippen molar-refractivity contribution in [1.82, 2.24) is 0 Å². The fourth-order valence-corrected chi connectivity index (χ4v) is 2.53. The van der Waals surface area contributed by atoms with Gasteiger partial charge in [0.2, 0.25) is 0 Å². The minimum absolute atomic E-state index is 0. The molecule has 1 aromatic carbocycles. The van der Waals surface area contributed by atoms with Crippen molar-refractivity contribution in [3.05, 3.63) is 35.4 Å². The van der Waals surface area contributed by atoms with Gasteiger partial charge in [0.15, 0.2) is 0 Å². The zero-order chi connectivity index (χ0) is 9.97. The molecule has 0 unspecified atom stereocenters. The predicted molar refractivity (Wildman–Crippen MR) is 67.3 cm³/mol. The topological polar surface area (TPSA) is 26.0 Å². The van der Waals surface area contributed by atoms with E-state index in [1.54, 1.807) is 0 Å². The van der Waals surface area contributed by atoms with E-state index in [-0.39, 0.29) is 18.4 Å². The first-order chi connectivity index (χ1) is 6.79. The maximum Gasteiger partial charge on any atom is 0.0326 e. The molecule has 2 heteroatoms. The molecule has 1 aromatic rings. The number of benzene rings is 1. The summed E-state index contributed by atoms with van der Waals surface area (Å²) >= 11 is 0. The van der Waals surface area contributed by atoms with Crippen molar-refractivity contribution in [1.29, 1.82) is 0 Å². The molecule has 0 heterocycles. The summed E-state index contributed by atoms with van der Waals surface area (Å²) < 4.78 is 0. The quantitative estimate of drug-likeness (QED) is 0.818. The van der Waals surface area contributed by atoms with Crippen LogP contribution in [0.4, 0.5) is 0 Å². The van der Waals surface area contributed by atoms with Gasteiger partial charge in [-0.3, -0.25) is 0 Å². The summed E-state index contributed by atoms with van der Waals surface area (Å²) in [6, 6.07) is 8.78. The van der Waals surface area contributed by atoms with E-state index in [0.717, 1.165) is 5.92 Å². The molecule has 0 aromatic heterocycles. The van der Waals surface area contributed by atoms with Gasteiger partial charge in [-0.25, -0.2) is 0 Å². The van der Waals surface area contributed by atoms with Gasteiger partial charge in [-0.1, -0.05) is 37.1 Å². The van der Waals surface area contributed by atoms with Gasteiger partial charge in [-0.05, 0) is 36.8 Å². The monoisotopic (exact) mass is 225 g/mol. The van der Waals surface area contributed by atoms with Gasteiger partial charge in [0.05, 0.1) is 0 Å². The summed E-state index contributed by atoms with van der Waals surface area (Å²) in [5, 5.41) is 0. The molecule has 15 heavy (non-hydrogen) atoms. The second kappa shape index (κ2) is 5.53. The zero-order valence-electron chi connectivity index (χ0n) is 9.28. The second-order valence-corrected chi connectivity index (χ2v) is 4.43. The lowest BCUT2D eigenvalue weighted by Gasteiger charge is -2.20. The van der Waals surface area contributed by atoms with Crippen molar-refractivity contribution < 1.29 is 0 Å². The molecular weight excluding hydrogens is 206 g/mol. The van der Waals surface area contributed by atoms with Crippen molar-refractivity contribution in [3.63, 3.8) is 0 Å². The Labute approximate surface area is 98.5 Å². The van der Waals surface area contributed by atoms with E-state index in [1.165, 1.54) is 36.8 Å². The minimum atomic E-state index is 0. The average Bonchev–Trinajstić information content (AvgIpc) is 2.70. The van der Waals surface area contributed by atoms with Crippen LogP contribution < -0.4 is 5.73 Å². The summed E-state index contributed by atoms with van der Waals surface area (Å²) in [7, 11) is 0. The molecule has 2 rings (SSSR count). The number of nitrogens with two attached hydrogens (primary N) is 1. The molecule has 0 spiro atoms. The van der Waals surface area contributed by atoms with Crippen LogP contribution in [0.5, 0.6) is 0 Å². The molecule has 1 fully saturated rings. The first kappa shape index (κ1) is 12.5. The summed E-state index contributed by atoms with van der Waals surface area (Å²) in [4.78, 5) is 0. The van der Waals surface area contributed by atoms with Gasteiger partial charge in [0.25, 0.3) is 0 Å². The summed E-state index contributed by atoms with van der Waals surface area (Å²) in [5.41, 5.74) is 8.99. The third-order valence-electron chi connectivity index (χ3n) is 3.46. The Morgan fingerprint density at radius 3 is 2.40 bits per heavy atom. The number of halogens is 1. The van der Waals surface area contributed by atoms with Crippen LogP contribution in [0.2, 0.25) is 0 Å². The molecule has 0 saturated heterocycles. The average molecular weight is 226 g/mol. The fourth-order valence-electron chi connectivity index (χ4n) is 2.53. The van der Waals surface area contributed by atoms with Crippen LogP contribution in [0.15, 0.2) is 24.3 Å². The van der Waals surface area contributed by atoms with Crippen molar-refractivity contribution in [3.8, 4) is 0 Å². The Morgan fingerprint density at radius 2 is 1.80 bits per heavy atom. The van der Waals surface area contributed by atoms with Crippen molar-refractivity contribution >= 4 is 12.4 Å². The van der Waals surface area contributed by atoms with Crippen LogP contribution in [-0.4, -0.2) is 0 Å². The summed E-state index contributed by atoms with van der Waals surface area (Å²) in [6.07, 6.45) is 5.36. The van der Waals surface area contributed by atoms with Crippen molar-refractivity contribution in [2.75, 3.05) is 0 Å². The first-order valence-electron chi connectivity index (χ1n) is 5.60. The smallest absolute Gasteiger partial charge is 0.0326 e. The minimum Gasteiger partial charge on any atom is -0.324 e. The number of rotatable bonds is 2. The number of hydrogen-bond acceptors (Lipinski definition) is 1. The SMILES string of the molecule is Cc1ccccc1[C@@H](N)C1CCCC1.Cl. The Bertz CT molecular complexity index is 305. The van der Waals surface area contributed by atoms with Crippen LogP contribution in [-0.2, 0) is 0 Å². The predicted octanol–water partition coefficient (Wildman–Crippen LogP) is 3.61. The van der Waals surface area contributed by atoms with Crippen LogP contribution in [0.1, 0.15) is 42.9 Å². The van der Waals surface area contributed by atoms with Gasteiger partial charge in [0, 0.05) is 6.04 Å². The molecule has 0 amide bonds. The number of aryl methyl sites for hydroxylation is 1.